The minimum Gasteiger partial charge on any atom is -0.370 e. The molecule has 0 aliphatic carbocycles. The monoisotopic (exact) mass is 304 g/mol. The van der Waals surface area contributed by atoms with Crippen molar-refractivity contribution in [2.75, 3.05) is 18.0 Å². The fourth-order valence-corrected chi connectivity index (χ4v) is 3.21. The van der Waals surface area contributed by atoms with Crippen LogP contribution in [-0.2, 0) is 7.05 Å². The molecule has 4 heteroatoms. The Balaban J connectivity index is 1.69. The van der Waals surface area contributed by atoms with Gasteiger partial charge in [0.1, 0.15) is 0 Å². The maximum Gasteiger partial charge on any atom is 0.152 e. The maximum absolute atomic E-state index is 4.73. The number of hydrogen-bond acceptors (Lipinski definition) is 3. The molecule has 23 heavy (non-hydrogen) atoms. The fraction of sp³-hybridized carbons (Fsp3) is 0.263. The van der Waals surface area contributed by atoms with Crippen molar-refractivity contribution in [3.63, 3.8) is 0 Å². The first-order valence-electron chi connectivity index (χ1n) is 8.12. The van der Waals surface area contributed by atoms with Crippen LogP contribution in [0.15, 0.2) is 53.5 Å². The van der Waals surface area contributed by atoms with E-state index >= 15 is 0 Å². The number of anilines is 1. The van der Waals surface area contributed by atoms with Crippen molar-refractivity contribution in [3.8, 4) is 0 Å². The molecule has 1 aliphatic heterocycles. The third-order valence-corrected chi connectivity index (χ3v) is 4.47. The molecule has 0 bridgehead atoms. The van der Waals surface area contributed by atoms with Crippen LogP contribution in [0.2, 0.25) is 0 Å². The molecule has 0 atom stereocenters. The summed E-state index contributed by atoms with van der Waals surface area (Å²) in [6.07, 6.45) is 4.40. The Morgan fingerprint density at radius 1 is 1.00 bits per heavy atom. The van der Waals surface area contributed by atoms with E-state index in [0.717, 1.165) is 35.6 Å². The molecule has 2 heterocycles. The standard InChI is InChI=1S/C19H20N4/c1-22-17-10-4-3-9-16(17)21-19(22)14-20-15-8-2-5-11-18(15)23-12-6-7-13-23/h2-5,8-11,14H,6-7,12-13H2,1H3/b20-14+. The fourth-order valence-electron chi connectivity index (χ4n) is 3.21. The predicted octanol–water partition coefficient (Wildman–Crippen LogP) is 3.92. The zero-order chi connectivity index (χ0) is 15.6. The summed E-state index contributed by atoms with van der Waals surface area (Å²) in [5.41, 5.74) is 4.37. The lowest BCUT2D eigenvalue weighted by molar-refractivity contribution is 0.934. The van der Waals surface area contributed by atoms with Gasteiger partial charge in [-0.25, -0.2) is 4.98 Å². The SMILES string of the molecule is Cn1c(/C=N/c2ccccc2N2CCCC2)nc2ccccc21. The largest absolute Gasteiger partial charge is 0.370 e. The summed E-state index contributed by atoms with van der Waals surface area (Å²) < 4.78 is 2.08. The summed E-state index contributed by atoms with van der Waals surface area (Å²) in [5, 5.41) is 0. The number of imidazole rings is 1. The van der Waals surface area contributed by atoms with Crippen molar-refractivity contribution in [3.05, 3.63) is 54.4 Å². The van der Waals surface area contributed by atoms with Crippen molar-refractivity contribution < 1.29 is 0 Å². The van der Waals surface area contributed by atoms with E-state index in [1.54, 1.807) is 0 Å². The molecule has 0 spiro atoms. The first-order valence-corrected chi connectivity index (χ1v) is 8.12. The molecular formula is C19H20N4. The van der Waals surface area contributed by atoms with E-state index < -0.39 is 0 Å². The van der Waals surface area contributed by atoms with Crippen molar-refractivity contribution in [1.29, 1.82) is 0 Å². The highest BCUT2D eigenvalue weighted by molar-refractivity contribution is 5.87. The molecule has 1 aliphatic rings. The van der Waals surface area contributed by atoms with Crippen molar-refractivity contribution in [2.45, 2.75) is 12.8 Å². The van der Waals surface area contributed by atoms with Gasteiger partial charge in [0.2, 0.25) is 0 Å². The number of rotatable bonds is 3. The van der Waals surface area contributed by atoms with E-state index in [-0.39, 0.29) is 0 Å². The molecule has 0 unspecified atom stereocenters. The highest BCUT2D eigenvalue weighted by atomic mass is 15.2. The van der Waals surface area contributed by atoms with Gasteiger partial charge >= 0.3 is 0 Å². The molecule has 3 aromatic rings. The minimum absolute atomic E-state index is 0.877. The van der Waals surface area contributed by atoms with Gasteiger partial charge in [0.15, 0.2) is 5.82 Å². The maximum atomic E-state index is 4.73. The molecule has 116 valence electrons. The molecule has 2 aromatic carbocycles. The summed E-state index contributed by atoms with van der Waals surface area (Å²) in [5.74, 6) is 0.877. The topological polar surface area (TPSA) is 33.4 Å². The van der Waals surface area contributed by atoms with Crippen LogP contribution in [0.5, 0.6) is 0 Å². The number of aliphatic imine (C=N–C) groups is 1. The summed E-state index contributed by atoms with van der Waals surface area (Å²) in [6, 6.07) is 16.5. The van der Waals surface area contributed by atoms with Crippen molar-refractivity contribution in [1.82, 2.24) is 9.55 Å². The molecule has 0 N–H and O–H groups in total. The van der Waals surface area contributed by atoms with Gasteiger partial charge in [-0.15, -0.1) is 0 Å². The second kappa shape index (κ2) is 5.88. The van der Waals surface area contributed by atoms with Crippen LogP contribution >= 0.6 is 0 Å². The van der Waals surface area contributed by atoms with Crippen LogP contribution in [0.3, 0.4) is 0 Å². The Morgan fingerprint density at radius 3 is 2.57 bits per heavy atom. The van der Waals surface area contributed by atoms with E-state index in [0.29, 0.717) is 0 Å². The number of para-hydroxylation sites is 4. The lowest BCUT2D eigenvalue weighted by Crippen LogP contribution is -2.17. The first kappa shape index (κ1) is 14.0. The van der Waals surface area contributed by atoms with Gasteiger partial charge in [-0.1, -0.05) is 24.3 Å². The molecule has 4 rings (SSSR count). The van der Waals surface area contributed by atoms with Crippen LogP contribution in [0, 0.1) is 0 Å². The summed E-state index contributed by atoms with van der Waals surface area (Å²) in [6.45, 7) is 2.25. The number of nitrogens with zero attached hydrogens (tertiary/aromatic N) is 4. The van der Waals surface area contributed by atoms with Crippen molar-refractivity contribution in [2.24, 2.45) is 12.0 Å². The molecule has 1 fully saturated rings. The van der Waals surface area contributed by atoms with Gasteiger partial charge in [0.25, 0.3) is 0 Å². The molecule has 0 radical (unpaired) electrons. The van der Waals surface area contributed by atoms with E-state index in [4.69, 9.17) is 4.99 Å². The van der Waals surface area contributed by atoms with Gasteiger partial charge in [-0.2, -0.15) is 0 Å². The van der Waals surface area contributed by atoms with Gasteiger partial charge in [0, 0.05) is 20.1 Å². The average molecular weight is 304 g/mol. The normalized spacial score (nSPS) is 15.1. The molecular weight excluding hydrogens is 284 g/mol. The molecule has 0 saturated carbocycles. The second-order valence-corrected chi connectivity index (χ2v) is 5.96. The highest BCUT2D eigenvalue weighted by Gasteiger charge is 2.15. The molecule has 0 amide bonds. The zero-order valence-electron chi connectivity index (χ0n) is 13.3. The Hall–Kier alpha value is -2.62. The Morgan fingerprint density at radius 2 is 1.74 bits per heavy atom. The molecule has 1 saturated heterocycles. The van der Waals surface area contributed by atoms with Crippen LogP contribution in [-0.4, -0.2) is 28.9 Å². The quantitative estimate of drug-likeness (QED) is 0.687. The summed E-state index contributed by atoms with van der Waals surface area (Å²) in [7, 11) is 2.03. The van der Waals surface area contributed by atoms with Crippen LogP contribution in [0.4, 0.5) is 11.4 Å². The average Bonchev–Trinajstić information content (AvgIpc) is 3.22. The predicted molar refractivity (Wildman–Crippen MR) is 95.9 cm³/mol. The minimum atomic E-state index is 0.877. The first-order chi connectivity index (χ1) is 11.3. The van der Waals surface area contributed by atoms with Crippen molar-refractivity contribution >= 4 is 28.6 Å². The zero-order valence-corrected chi connectivity index (χ0v) is 13.3. The van der Waals surface area contributed by atoms with Crippen LogP contribution < -0.4 is 4.90 Å². The van der Waals surface area contributed by atoms with Crippen LogP contribution in [0.1, 0.15) is 18.7 Å². The van der Waals surface area contributed by atoms with Gasteiger partial charge in [-0.3, -0.25) is 4.99 Å². The Bertz CT molecular complexity index is 857. The van der Waals surface area contributed by atoms with Crippen LogP contribution in [0.25, 0.3) is 11.0 Å². The van der Waals surface area contributed by atoms with E-state index in [1.165, 1.54) is 18.5 Å². The lowest BCUT2D eigenvalue weighted by atomic mass is 10.2. The number of fused-ring (bicyclic) bond motifs is 1. The van der Waals surface area contributed by atoms with Gasteiger partial charge in [-0.05, 0) is 37.1 Å². The number of hydrogen-bond donors (Lipinski definition) is 0. The third kappa shape index (κ3) is 2.61. The molecule has 4 nitrogen and oxygen atoms in total. The van der Waals surface area contributed by atoms with E-state index in [2.05, 4.69) is 38.7 Å². The highest BCUT2D eigenvalue weighted by Crippen LogP contribution is 2.30. The number of aryl methyl sites for hydroxylation is 1. The second-order valence-electron chi connectivity index (χ2n) is 5.96. The smallest absolute Gasteiger partial charge is 0.152 e. The van der Waals surface area contributed by atoms with Gasteiger partial charge < -0.3 is 9.47 Å². The lowest BCUT2D eigenvalue weighted by Gasteiger charge is -2.19. The summed E-state index contributed by atoms with van der Waals surface area (Å²) in [4.78, 5) is 11.8. The van der Waals surface area contributed by atoms with Gasteiger partial charge in [0.05, 0.1) is 28.6 Å². The van der Waals surface area contributed by atoms with E-state index in [9.17, 15) is 0 Å². The Kier molecular flexibility index (Phi) is 3.58. The number of aromatic nitrogens is 2. The molecule has 1 aromatic heterocycles. The summed E-state index contributed by atoms with van der Waals surface area (Å²) >= 11 is 0. The third-order valence-electron chi connectivity index (χ3n) is 4.47. The Labute approximate surface area is 136 Å². The van der Waals surface area contributed by atoms with E-state index in [1.807, 2.05) is 37.5 Å². The number of benzene rings is 2.